The highest BCUT2D eigenvalue weighted by Crippen LogP contribution is 2.30. The number of anilines is 1. The van der Waals surface area contributed by atoms with Crippen LogP contribution in [0.2, 0.25) is 5.02 Å². The van der Waals surface area contributed by atoms with E-state index in [4.69, 9.17) is 11.6 Å². The molecular weight excluding hydrogens is 364 g/mol. The van der Waals surface area contributed by atoms with Crippen molar-refractivity contribution in [1.29, 1.82) is 0 Å². The molecule has 1 atom stereocenters. The third-order valence-corrected chi connectivity index (χ3v) is 3.78. The first kappa shape index (κ1) is 16.0. The molecule has 0 radical (unpaired) electrons. The number of alkyl halides is 2. The predicted molar refractivity (Wildman–Crippen MR) is 84.3 cm³/mol. The van der Waals surface area contributed by atoms with Crippen molar-refractivity contribution in [3.8, 4) is 5.75 Å². The molecule has 2 nitrogen and oxygen atoms in total. The number of benzene rings is 2. The van der Waals surface area contributed by atoms with Gasteiger partial charge in [0.2, 0.25) is 0 Å². The largest absolute Gasteiger partial charge is 0.435 e. The van der Waals surface area contributed by atoms with Crippen molar-refractivity contribution in [2.75, 3.05) is 5.32 Å². The molecule has 0 spiro atoms. The van der Waals surface area contributed by atoms with E-state index < -0.39 is 6.61 Å². The lowest BCUT2D eigenvalue weighted by molar-refractivity contribution is -0.0498. The predicted octanol–water partition coefficient (Wildman–Crippen LogP) is 5.88. The summed E-state index contributed by atoms with van der Waals surface area (Å²) in [5, 5.41) is 3.92. The summed E-state index contributed by atoms with van der Waals surface area (Å²) in [6.07, 6.45) is 0. The Bertz CT molecular complexity index is 624. The summed E-state index contributed by atoms with van der Waals surface area (Å²) < 4.78 is 29.7. The van der Waals surface area contributed by atoms with Crippen molar-refractivity contribution in [2.45, 2.75) is 19.6 Å². The molecule has 0 aromatic heterocycles. The van der Waals surface area contributed by atoms with Gasteiger partial charge in [-0.2, -0.15) is 8.78 Å². The van der Waals surface area contributed by atoms with Gasteiger partial charge in [0.15, 0.2) is 0 Å². The lowest BCUT2D eigenvalue weighted by atomic mass is 10.1. The molecule has 2 aromatic carbocycles. The normalized spacial score (nSPS) is 12.3. The Morgan fingerprint density at radius 3 is 2.62 bits per heavy atom. The van der Waals surface area contributed by atoms with Gasteiger partial charge in [0, 0.05) is 21.2 Å². The average molecular weight is 377 g/mol. The van der Waals surface area contributed by atoms with Gasteiger partial charge in [-0.05, 0) is 58.7 Å². The van der Waals surface area contributed by atoms with E-state index in [2.05, 4.69) is 26.0 Å². The molecule has 6 heteroatoms. The van der Waals surface area contributed by atoms with Gasteiger partial charge in [0.1, 0.15) is 5.75 Å². The number of hydrogen-bond donors (Lipinski definition) is 1. The summed E-state index contributed by atoms with van der Waals surface area (Å²) in [7, 11) is 0. The fraction of sp³-hybridized carbons (Fsp3) is 0.200. The van der Waals surface area contributed by atoms with Crippen LogP contribution in [-0.2, 0) is 0 Å². The average Bonchev–Trinajstić information content (AvgIpc) is 2.41. The molecular formula is C15H13BrClF2NO. The smallest absolute Gasteiger partial charge is 0.387 e. The number of ether oxygens (including phenoxy) is 1. The van der Waals surface area contributed by atoms with E-state index in [9.17, 15) is 8.78 Å². The van der Waals surface area contributed by atoms with E-state index in [0.29, 0.717) is 5.02 Å². The van der Waals surface area contributed by atoms with Crippen LogP contribution in [0.5, 0.6) is 5.75 Å². The fourth-order valence-electron chi connectivity index (χ4n) is 1.88. The van der Waals surface area contributed by atoms with Crippen LogP contribution in [0.1, 0.15) is 18.5 Å². The first-order valence-corrected chi connectivity index (χ1v) is 7.39. The van der Waals surface area contributed by atoms with Gasteiger partial charge in [-0.3, -0.25) is 0 Å². The first-order valence-electron chi connectivity index (χ1n) is 6.22. The minimum absolute atomic E-state index is 0.0799. The summed E-state index contributed by atoms with van der Waals surface area (Å²) in [6, 6.07) is 12.0. The Kier molecular flexibility index (Phi) is 5.42. The van der Waals surface area contributed by atoms with Crippen LogP contribution >= 0.6 is 27.5 Å². The van der Waals surface area contributed by atoms with Crippen molar-refractivity contribution in [2.24, 2.45) is 0 Å². The quantitative estimate of drug-likeness (QED) is 0.704. The molecule has 0 aliphatic rings. The highest BCUT2D eigenvalue weighted by atomic mass is 79.9. The molecule has 0 saturated carbocycles. The summed E-state index contributed by atoms with van der Waals surface area (Å²) in [6.45, 7) is -0.892. The molecule has 0 amide bonds. The van der Waals surface area contributed by atoms with Gasteiger partial charge in [-0.1, -0.05) is 23.7 Å². The molecule has 0 saturated heterocycles. The topological polar surface area (TPSA) is 21.3 Å². The van der Waals surface area contributed by atoms with Crippen LogP contribution in [0.15, 0.2) is 46.9 Å². The molecule has 21 heavy (non-hydrogen) atoms. The zero-order valence-electron chi connectivity index (χ0n) is 11.1. The van der Waals surface area contributed by atoms with Crippen LogP contribution < -0.4 is 10.1 Å². The third kappa shape index (κ3) is 4.58. The number of halogens is 4. The van der Waals surface area contributed by atoms with E-state index in [1.165, 1.54) is 6.07 Å². The fourth-order valence-corrected chi connectivity index (χ4v) is 2.68. The van der Waals surface area contributed by atoms with Gasteiger partial charge in [0.25, 0.3) is 0 Å². The van der Waals surface area contributed by atoms with Gasteiger partial charge in [-0.25, -0.2) is 0 Å². The summed E-state index contributed by atoms with van der Waals surface area (Å²) in [5.41, 5.74) is 1.71. The number of rotatable bonds is 5. The van der Waals surface area contributed by atoms with Crippen molar-refractivity contribution in [3.05, 3.63) is 57.5 Å². The van der Waals surface area contributed by atoms with Gasteiger partial charge in [-0.15, -0.1) is 0 Å². The lowest BCUT2D eigenvalue weighted by Gasteiger charge is -2.18. The minimum Gasteiger partial charge on any atom is -0.435 e. The highest BCUT2D eigenvalue weighted by molar-refractivity contribution is 9.10. The Morgan fingerprint density at radius 2 is 1.95 bits per heavy atom. The van der Waals surface area contributed by atoms with Crippen molar-refractivity contribution in [3.63, 3.8) is 0 Å². The zero-order chi connectivity index (χ0) is 15.4. The lowest BCUT2D eigenvalue weighted by Crippen LogP contribution is -2.08. The molecule has 2 rings (SSSR count). The van der Waals surface area contributed by atoms with E-state index >= 15 is 0 Å². The number of nitrogens with one attached hydrogen (secondary N) is 1. The third-order valence-electron chi connectivity index (χ3n) is 2.89. The minimum atomic E-state index is -2.83. The van der Waals surface area contributed by atoms with E-state index in [-0.39, 0.29) is 11.8 Å². The maximum Gasteiger partial charge on any atom is 0.387 e. The molecule has 1 N–H and O–H groups in total. The SMILES string of the molecule is CC(Nc1ccc(Cl)cc1Br)c1cccc(OC(F)F)c1. The Balaban J connectivity index is 2.14. The molecule has 0 aliphatic carbocycles. The van der Waals surface area contributed by atoms with Crippen molar-refractivity contribution in [1.82, 2.24) is 0 Å². The van der Waals surface area contributed by atoms with Crippen LogP contribution in [0.4, 0.5) is 14.5 Å². The van der Waals surface area contributed by atoms with Crippen LogP contribution in [0.3, 0.4) is 0 Å². The Morgan fingerprint density at radius 1 is 1.19 bits per heavy atom. The summed E-state index contributed by atoms with van der Waals surface area (Å²) >= 11 is 9.32. The molecule has 0 heterocycles. The molecule has 0 aliphatic heterocycles. The molecule has 0 fully saturated rings. The van der Waals surface area contributed by atoms with Crippen LogP contribution in [0.25, 0.3) is 0 Å². The van der Waals surface area contributed by atoms with Crippen molar-refractivity contribution < 1.29 is 13.5 Å². The van der Waals surface area contributed by atoms with Crippen LogP contribution in [0, 0.1) is 0 Å². The zero-order valence-corrected chi connectivity index (χ0v) is 13.5. The standard InChI is InChI=1S/C15H13BrClF2NO/c1-9(20-14-6-5-11(17)8-13(14)16)10-3-2-4-12(7-10)21-15(18)19/h2-9,15,20H,1H3. The number of hydrogen-bond acceptors (Lipinski definition) is 2. The molecule has 0 bridgehead atoms. The Hall–Kier alpha value is -1.33. The summed E-state index contributed by atoms with van der Waals surface area (Å²) in [5.74, 6) is 0.145. The highest BCUT2D eigenvalue weighted by Gasteiger charge is 2.10. The molecule has 2 aromatic rings. The van der Waals surface area contributed by atoms with E-state index in [1.807, 2.05) is 19.1 Å². The summed E-state index contributed by atoms with van der Waals surface area (Å²) in [4.78, 5) is 0. The molecule has 112 valence electrons. The van der Waals surface area contributed by atoms with E-state index in [0.717, 1.165) is 15.7 Å². The van der Waals surface area contributed by atoms with Crippen LogP contribution in [-0.4, -0.2) is 6.61 Å². The second-order valence-electron chi connectivity index (χ2n) is 4.44. The maximum absolute atomic E-state index is 12.2. The molecule has 1 unspecified atom stereocenters. The Labute approximate surface area is 135 Å². The monoisotopic (exact) mass is 375 g/mol. The van der Waals surface area contributed by atoms with Crippen molar-refractivity contribution >= 4 is 33.2 Å². The van der Waals surface area contributed by atoms with Gasteiger partial charge >= 0.3 is 6.61 Å². The maximum atomic E-state index is 12.2. The second-order valence-corrected chi connectivity index (χ2v) is 5.73. The second kappa shape index (κ2) is 7.09. The van der Waals surface area contributed by atoms with Gasteiger partial charge < -0.3 is 10.1 Å². The van der Waals surface area contributed by atoms with E-state index in [1.54, 1.807) is 24.3 Å². The van der Waals surface area contributed by atoms with Gasteiger partial charge in [0.05, 0.1) is 0 Å². The first-order chi connectivity index (χ1) is 9.95.